The molecule has 0 aliphatic carbocycles. The maximum absolute atomic E-state index is 6.12. The predicted octanol–water partition coefficient (Wildman–Crippen LogP) is 2.52. The quantitative estimate of drug-likeness (QED) is 0.723. The molecule has 1 rings (SSSR count). The van der Waals surface area contributed by atoms with Gasteiger partial charge >= 0.3 is 0 Å². The summed E-state index contributed by atoms with van der Waals surface area (Å²) in [7, 11) is 3.27. The van der Waals surface area contributed by atoms with Crippen molar-refractivity contribution < 1.29 is 14.2 Å². The highest BCUT2D eigenvalue weighted by atomic mass is 16.5. The number of nitrogens with two attached hydrogens (primary N) is 1. The fraction of sp³-hybridized carbons (Fsp3) is 0.571. The first-order valence-corrected chi connectivity index (χ1v) is 6.28. The van der Waals surface area contributed by atoms with Crippen molar-refractivity contribution in [1.29, 1.82) is 0 Å². The zero-order valence-electron chi connectivity index (χ0n) is 11.4. The summed E-state index contributed by atoms with van der Waals surface area (Å²) in [4.78, 5) is 0. The molecule has 0 saturated heterocycles. The maximum Gasteiger partial charge on any atom is 0.123 e. The van der Waals surface area contributed by atoms with Gasteiger partial charge in [0.25, 0.3) is 0 Å². The average molecular weight is 253 g/mol. The number of unbranched alkanes of at least 4 members (excludes halogenated alkanes) is 1. The van der Waals surface area contributed by atoms with Crippen LogP contribution in [-0.2, 0) is 4.74 Å². The minimum absolute atomic E-state index is 0.202. The molecule has 0 bridgehead atoms. The van der Waals surface area contributed by atoms with Crippen molar-refractivity contribution in [2.75, 3.05) is 27.4 Å². The molecule has 1 unspecified atom stereocenters. The molecule has 0 fully saturated rings. The monoisotopic (exact) mass is 253 g/mol. The molecule has 18 heavy (non-hydrogen) atoms. The van der Waals surface area contributed by atoms with E-state index in [1.165, 1.54) is 0 Å². The summed E-state index contributed by atoms with van der Waals surface area (Å²) in [6.07, 6.45) is 2.18. The van der Waals surface area contributed by atoms with E-state index in [0.717, 1.165) is 36.5 Å². The van der Waals surface area contributed by atoms with Gasteiger partial charge in [-0.3, -0.25) is 0 Å². The summed E-state index contributed by atoms with van der Waals surface area (Å²) in [5.74, 6) is 1.54. The topological polar surface area (TPSA) is 53.7 Å². The van der Waals surface area contributed by atoms with Gasteiger partial charge in [0.05, 0.1) is 26.9 Å². The van der Waals surface area contributed by atoms with E-state index in [-0.39, 0.29) is 6.04 Å². The molecule has 1 aromatic rings. The summed E-state index contributed by atoms with van der Waals surface area (Å²) in [5.41, 5.74) is 7.03. The molecule has 0 spiro atoms. The number of rotatable bonds is 8. The van der Waals surface area contributed by atoms with Gasteiger partial charge in [-0.2, -0.15) is 0 Å². The van der Waals surface area contributed by atoms with E-state index in [0.29, 0.717) is 6.61 Å². The van der Waals surface area contributed by atoms with E-state index in [1.54, 1.807) is 14.2 Å². The van der Waals surface area contributed by atoms with E-state index < -0.39 is 0 Å². The highest BCUT2D eigenvalue weighted by molar-refractivity contribution is 5.42. The molecular formula is C14H23NO3. The summed E-state index contributed by atoms with van der Waals surface area (Å²) in [5, 5.41) is 0. The third kappa shape index (κ3) is 4.20. The van der Waals surface area contributed by atoms with Crippen LogP contribution in [0.1, 0.15) is 31.4 Å². The molecule has 1 atom stereocenters. The first-order valence-electron chi connectivity index (χ1n) is 6.28. The maximum atomic E-state index is 6.12. The van der Waals surface area contributed by atoms with Gasteiger partial charge < -0.3 is 19.9 Å². The number of ether oxygens (including phenoxy) is 3. The highest BCUT2D eigenvalue weighted by Crippen LogP contribution is 2.28. The molecule has 1 aromatic carbocycles. The molecule has 0 saturated carbocycles. The Morgan fingerprint density at radius 2 is 2.00 bits per heavy atom. The molecule has 2 N–H and O–H groups in total. The van der Waals surface area contributed by atoms with Crippen LogP contribution in [0.3, 0.4) is 0 Å². The van der Waals surface area contributed by atoms with Crippen molar-refractivity contribution in [1.82, 2.24) is 0 Å². The van der Waals surface area contributed by atoms with Gasteiger partial charge in [-0.1, -0.05) is 13.3 Å². The van der Waals surface area contributed by atoms with Crippen LogP contribution in [0.25, 0.3) is 0 Å². The summed E-state index contributed by atoms with van der Waals surface area (Å²) in [6.45, 7) is 3.37. The van der Waals surface area contributed by atoms with Crippen LogP contribution in [0.2, 0.25) is 0 Å². The van der Waals surface area contributed by atoms with Crippen LogP contribution in [0.15, 0.2) is 18.2 Å². The lowest BCUT2D eigenvalue weighted by atomic mass is 10.1. The lowest BCUT2D eigenvalue weighted by molar-refractivity contribution is 0.117. The lowest BCUT2D eigenvalue weighted by Crippen LogP contribution is -2.18. The molecule has 0 radical (unpaired) electrons. The largest absolute Gasteiger partial charge is 0.497 e. The third-order valence-electron chi connectivity index (χ3n) is 2.78. The van der Waals surface area contributed by atoms with Crippen LogP contribution in [0.4, 0.5) is 0 Å². The molecule has 0 aliphatic heterocycles. The number of hydrogen-bond donors (Lipinski definition) is 1. The van der Waals surface area contributed by atoms with E-state index in [4.69, 9.17) is 19.9 Å². The summed E-state index contributed by atoms with van der Waals surface area (Å²) < 4.78 is 16.0. The molecular weight excluding hydrogens is 230 g/mol. The Morgan fingerprint density at radius 1 is 1.22 bits per heavy atom. The Labute approximate surface area is 109 Å². The molecule has 4 nitrogen and oxygen atoms in total. The van der Waals surface area contributed by atoms with Crippen molar-refractivity contribution in [3.8, 4) is 11.5 Å². The fourth-order valence-corrected chi connectivity index (χ4v) is 1.68. The molecule has 4 heteroatoms. The Bertz CT molecular complexity index is 355. The fourth-order valence-electron chi connectivity index (χ4n) is 1.68. The highest BCUT2D eigenvalue weighted by Gasteiger charge is 2.13. The zero-order valence-corrected chi connectivity index (χ0v) is 11.4. The standard InChI is InChI=1S/C14H23NO3/c1-4-5-8-18-10-13(15)12-9-11(16-2)6-7-14(12)17-3/h6-7,9,13H,4-5,8,10,15H2,1-3H3. The van der Waals surface area contributed by atoms with E-state index in [2.05, 4.69) is 6.92 Å². The van der Waals surface area contributed by atoms with E-state index in [1.807, 2.05) is 18.2 Å². The molecule has 0 heterocycles. The van der Waals surface area contributed by atoms with E-state index >= 15 is 0 Å². The van der Waals surface area contributed by atoms with E-state index in [9.17, 15) is 0 Å². The molecule has 0 aromatic heterocycles. The van der Waals surface area contributed by atoms with Gasteiger partial charge in [-0.25, -0.2) is 0 Å². The van der Waals surface area contributed by atoms with Crippen molar-refractivity contribution in [3.63, 3.8) is 0 Å². The van der Waals surface area contributed by atoms with Crippen molar-refractivity contribution in [2.24, 2.45) is 5.73 Å². The van der Waals surface area contributed by atoms with Crippen LogP contribution >= 0.6 is 0 Å². The van der Waals surface area contributed by atoms with Crippen LogP contribution < -0.4 is 15.2 Å². The minimum atomic E-state index is -0.202. The Morgan fingerprint density at radius 3 is 2.61 bits per heavy atom. The second kappa shape index (κ2) is 7.95. The number of methoxy groups -OCH3 is 2. The van der Waals surface area contributed by atoms with Crippen LogP contribution in [0.5, 0.6) is 11.5 Å². The lowest BCUT2D eigenvalue weighted by Gasteiger charge is -2.17. The summed E-state index contributed by atoms with van der Waals surface area (Å²) >= 11 is 0. The van der Waals surface area contributed by atoms with Crippen LogP contribution in [0, 0.1) is 0 Å². The first kappa shape index (κ1) is 14.8. The minimum Gasteiger partial charge on any atom is -0.497 e. The normalized spacial score (nSPS) is 12.2. The van der Waals surface area contributed by atoms with Gasteiger partial charge in [-0.05, 0) is 24.6 Å². The SMILES string of the molecule is CCCCOCC(N)c1cc(OC)ccc1OC. The first-order chi connectivity index (χ1) is 8.72. The average Bonchev–Trinajstić information content (AvgIpc) is 2.42. The van der Waals surface area contributed by atoms with Gasteiger partial charge in [0.15, 0.2) is 0 Å². The molecule has 0 amide bonds. The second-order valence-electron chi connectivity index (χ2n) is 4.14. The van der Waals surface area contributed by atoms with Gasteiger partial charge in [-0.15, -0.1) is 0 Å². The third-order valence-corrected chi connectivity index (χ3v) is 2.78. The summed E-state index contributed by atoms with van der Waals surface area (Å²) in [6, 6.07) is 5.41. The predicted molar refractivity (Wildman–Crippen MR) is 72.2 cm³/mol. The van der Waals surface area contributed by atoms with Crippen molar-refractivity contribution in [3.05, 3.63) is 23.8 Å². The van der Waals surface area contributed by atoms with Crippen molar-refractivity contribution >= 4 is 0 Å². The van der Waals surface area contributed by atoms with Crippen LogP contribution in [-0.4, -0.2) is 27.4 Å². The Balaban J connectivity index is 2.66. The van der Waals surface area contributed by atoms with Crippen molar-refractivity contribution in [2.45, 2.75) is 25.8 Å². The smallest absolute Gasteiger partial charge is 0.123 e. The van der Waals surface area contributed by atoms with Gasteiger partial charge in [0.2, 0.25) is 0 Å². The van der Waals surface area contributed by atoms with Gasteiger partial charge in [0, 0.05) is 12.2 Å². The van der Waals surface area contributed by atoms with Gasteiger partial charge in [0.1, 0.15) is 11.5 Å². The molecule has 0 aliphatic rings. The second-order valence-corrected chi connectivity index (χ2v) is 4.14. The zero-order chi connectivity index (χ0) is 13.4. The Kier molecular flexibility index (Phi) is 6.54. The number of benzene rings is 1. The Hall–Kier alpha value is -1.26. The number of hydrogen-bond acceptors (Lipinski definition) is 4. The molecule has 102 valence electrons.